The van der Waals surface area contributed by atoms with Crippen molar-refractivity contribution in [3.05, 3.63) is 57.5 Å². The van der Waals surface area contributed by atoms with E-state index in [2.05, 4.69) is 34.1 Å². The van der Waals surface area contributed by atoms with Gasteiger partial charge in [-0.05, 0) is 64.0 Å². The van der Waals surface area contributed by atoms with Gasteiger partial charge < -0.3 is 10.2 Å². The first-order valence-electron chi connectivity index (χ1n) is 5.86. The van der Waals surface area contributed by atoms with Crippen LogP contribution in [0.5, 0.6) is 0 Å². The zero-order valence-electron chi connectivity index (χ0n) is 9.45. The second kappa shape index (κ2) is 4.31. The molecule has 17 heavy (non-hydrogen) atoms. The quantitative estimate of drug-likeness (QED) is 0.919. The largest absolute Gasteiger partial charge is 0.452 e. The van der Waals surface area contributed by atoms with E-state index in [4.69, 9.17) is 10.2 Å². The Hall–Kier alpha value is -1.06. The van der Waals surface area contributed by atoms with Crippen LogP contribution in [0, 0.1) is 0 Å². The molecular weight excluding hydrogens is 278 g/mol. The van der Waals surface area contributed by atoms with Crippen molar-refractivity contribution in [1.82, 2.24) is 0 Å². The van der Waals surface area contributed by atoms with E-state index in [9.17, 15) is 0 Å². The number of rotatable bonds is 2. The third-order valence-corrected chi connectivity index (χ3v) is 3.81. The van der Waals surface area contributed by atoms with E-state index in [1.54, 1.807) is 0 Å². The monoisotopic (exact) mass is 291 g/mol. The van der Waals surface area contributed by atoms with E-state index in [-0.39, 0.29) is 6.04 Å². The van der Waals surface area contributed by atoms with Gasteiger partial charge in [-0.3, -0.25) is 0 Å². The molecule has 1 unspecified atom stereocenters. The van der Waals surface area contributed by atoms with Gasteiger partial charge in [-0.25, -0.2) is 0 Å². The molecule has 0 amide bonds. The Bertz CT molecular complexity index is 547. The van der Waals surface area contributed by atoms with Crippen LogP contribution in [-0.4, -0.2) is 0 Å². The number of fused-ring (bicyclic) bond motifs is 1. The van der Waals surface area contributed by atoms with Crippen molar-refractivity contribution in [2.75, 3.05) is 0 Å². The molecule has 3 rings (SSSR count). The van der Waals surface area contributed by atoms with Gasteiger partial charge in [0.15, 0.2) is 4.67 Å². The van der Waals surface area contributed by atoms with Gasteiger partial charge in [0.05, 0.1) is 6.04 Å². The van der Waals surface area contributed by atoms with Gasteiger partial charge in [0, 0.05) is 0 Å². The Kier molecular flexibility index (Phi) is 2.81. The zero-order chi connectivity index (χ0) is 11.8. The molecule has 0 radical (unpaired) electrons. The Labute approximate surface area is 109 Å². The average molecular weight is 292 g/mol. The summed E-state index contributed by atoms with van der Waals surface area (Å²) in [6.45, 7) is 0. The first-order valence-corrected chi connectivity index (χ1v) is 6.66. The van der Waals surface area contributed by atoms with Gasteiger partial charge in [0.25, 0.3) is 0 Å². The fourth-order valence-electron chi connectivity index (χ4n) is 2.44. The van der Waals surface area contributed by atoms with E-state index in [1.807, 2.05) is 12.1 Å². The molecule has 88 valence electrons. The van der Waals surface area contributed by atoms with Crippen LogP contribution in [0.2, 0.25) is 0 Å². The lowest BCUT2D eigenvalue weighted by Gasteiger charge is -2.11. The van der Waals surface area contributed by atoms with Crippen LogP contribution in [0.3, 0.4) is 0 Å². The molecule has 1 atom stereocenters. The van der Waals surface area contributed by atoms with E-state index in [0.29, 0.717) is 0 Å². The molecule has 0 saturated carbocycles. The predicted octanol–water partition coefficient (Wildman–Crippen LogP) is 3.58. The summed E-state index contributed by atoms with van der Waals surface area (Å²) in [5, 5.41) is 0. The number of halogens is 1. The number of aryl methyl sites for hydroxylation is 2. The SMILES string of the molecule is NC(c1ccc2c(c1)CCC2)c1ccc(Br)o1. The van der Waals surface area contributed by atoms with Crippen LogP contribution < -0.4 is 5.73 Å². The second-order valence-corrected chi connectivity index (χ2v) is 5.28. The summed E-state index contributed by atoms with van der Waals surface area (Å²) in [4.78, 5) is 0. The first-order chi connectivity index (χ1) is 8.24. The maximum atomic E-state index is 6.21. The molecule has 0 saturated heterocycles. The van der Waals surface area contributed by atoms with Crippen LogP contribution in [0.4, 0.5) is 0 Å². The summed E-state index contributed by atoms with van der Waals surface area (Å²) in [5.41, 5.74) is 10.3. The minimum atomic E-state index is -0.174. The maximum absolute atomic E-state index is 6.21. The molecule has 0 bridgehead atoms. The molecule has 0 spiro atoms. The van der Waals surface area contributed by atoms with Crippen molar-refractivity contribution in [1.29, 1.82) is 0 Å². The molecule has 2 N–H and O–H groups in total. The lowest BCUT2D eigenvalue weighted by molar-refractivity contribution is 0.470. The highest BCUT2D eigenvalue weighted by atomic mass is 79.9. The zero-order valence-corrected chi connectivity index (χ0v) is 11.0. The molecular formula is C14H14BrNO. The Morgan fingerprint density at radius 3 is 2.71 bits per heavy atom. The normalized spacial score (nSPS) is 15.9. The van der Waals surface area contributed by atoms with Crippen molar-refractivity contribution in [3.8, 4) is 0 Å². The summed E-state index contributed by atoms with van der Waals surface area (Å²) in [5.74, 6) is 0.801. The van der Waals surface area contributed by atoms with Crippen molar-refractivity contribution in [2.24, 2.45) is 5.73 Å². The van der Waals surface area contributed by atoms with E-state index in [1.165, 1.54) is 30.4 Å². The Morgan fingerprint density at radius 2 is 1.94 bits per heavy atom. The Balaban J connectivity index is 1.94. The van der Waals surface area contributed by atoms with Gasteiger partial charge in [0.1, 0.15) is 5.76 Å². The minimum Gasteiger partial charge on any atom is -0.452 e. The Morgan fingerprint density at radius 1 is 1.12 bits per heavy atom. The topological polar surface area (TPSA) is 39.2 Å². The highest BCUT2D eigenvalue weighted by Crippen LogP contribution is 2.28. The number of hydrogen-bond acceptors (Lipinski definition) is 2. The highest BCUT2D eigenvalue weighted by Gasteiger charge is 2.16. The third kappa shape index (κ3) is 2.05. The lowest BCUT2D eigenvalue weighted by atomic mass is 10.0. The van der Waals surface area contributed by atoms with Crippen LogP contribution in [0.25, 0.3) is 0 Å². The van der Waals surface area contributed by atoms with Gasteiger partial charge >= 0.3 is 0 Å². The fraction of sp³-hybridized carbons (Fsp3) is 0.286. The van der Waals surface area contributed by atoms with Crippen molar-refractivity contribution in [2.45, 2.75) is 25.3 Å². The van der Waals surface area contributed by atoms with Crippen molar-refractivity contribution < 1.29 is 4.42 Å². The highest BCUT2D eigenvalue weighted by molar-refractivity contribution is 9.10. The van der Waals surface area contributed by atoms with Crippen molar-refractivity contribution in [3.63, 3.8) is 0 Å². The molecule has 2 nitrogen and oxygen atoms in total. The van der Waals surface area contributed by atoms with Crippen LogP contribution in [0.1, 0.15) is 34.9 Å². The maximum Gasteiger partial charge on any atom is 0.169 e. The molecule has 0 aliphatic heterocycles. The van der Waals surface area contributed by atoms with E-state index in [0.717, 1.165) is 16.0 Å². The molecule has 1 aliphatic rings. The molecule has 1 aliphatic carbocycles. The van der Waals surface area contributed by atoms with Crippen LogP contribution >= 0.6 is 15.9 Å². The third-order valence-electron chi connectivity index (χ3n) is 3.38. The first kappa shape index (κ1) is 11.1. The van der Waals surface area contributed by atoms with Gasteiger partial charge in [-0.1, -0.05) is 18.2 Å². The number of furan rings is 1. The number of benzene rings is 1. The molecule has 1 aromatic heterocycles. The molecule has 2 aromatic rings. The van der Waals surface area contributed by atoms with Crippen LogP contribution in [0.15, 0.2) is 39.4 Å². The van der Waals surface area contributed by atoms with Gasteiger partial charge in [-0.15, -0.1) is 0 Å². The van der Waals surface area contributed by atoms with Crippen LogP contribution in [-0.2, 0) is 12.8 Å². The van der Waals surface area contributed by atoms with Gasteiger partial charge in [-0.2, -0.15) is 0 Å². The standard InChI is InChI=1S/C14H14BrNO/c15-13-7-6-12(17-13)14(16)11-5-4-9-2-1-3-10(9)8-11/h4-8,14H,1-3,16H2. The molecule has 0 fully saturated rings. The molecule has 3 heteroatoms. The number of nitrogens with two attached hydrogens (primary N) is 1. The fourth-order valence-corrected chi connectivity index (χ4v) is 2.76. The van der Waals surface area contributed by atoms with Crippen molar-refractivity contribution >= 4 is 15.9 Å². The summed E-state index contributed by atoms with van der Waals surface area (Å²) < 4.78 is 6.24. The minimum absolute atomic E-state index is 0.174. The lowest BCUT2D eigenvalue weighted by Crippen LogP contribution is -2.11. The summed E-state index contributed by atoms with van der Waals surface area (Å²) in [6, 6.07) is 10.2. The average Bonchev–Trinajstić information content (AvgIpc) is 2.95. The predicted molar refractivity (Wildman–Crippen MR) is 70.9 cm³/mol. The smallest absolute Gasteiger partial charge is 0.169 e. The number of hydrogen-bond donors (Lipinski definition) is 1. The summed E-state index contributed by atoms with van der Waals surface area (Å²) >= 11 is 3.30. The summed E-state index contributed by atoms with van der Waals surface area (Å²) in [7, 11) is 0. The molecule has 1 heterocycles. The summed E-state index contributed by atoms with van der Waals surface area (Å²) in [6.07, 6.45) is 3.65. The van der Waals surface area contributed by atoms with E-state index < -0.39 is 0 Å². The van der Waals surface area contributed by atoms with Gasteiger partial charge in [0.2, 0.25) is 0 Å². The second-order valence-electron chi connectivity index (χ2n) is 4.50. The molecule has 1 aromatic carbocycles. The van der Waals surface area contributed by atoms with E-state index >= 15 is 0 Å².